The van der Waals surface area contributed by atoms with Crippen molar-refractivity contribution in [2.24, 2.45) is 0 Å². The smallest absolute Gasteiger partial charge is 0.228 e. The summed E-state index contributed by atoms with van der Waals surface area (Å²) < 4.78 is 4.15. The van der Waals surface area contributed by atoms with E-state index in [2.05, 4.69) is 73.2 Å². The highest BCUT2D eigenvalue weighted by Gasteiger charge is 2.27. The molecule has 4 aromatic rings. The summed E-state index contributed by atoms with van der Waals surface area (Å²) in [5, 5.41) is 10.0. The monoisotopic (exact) mass is 345 g/mol. The van der Waals surface area contributed by atoms with Crippen LogP contribution in [0.2, 0.25) is 0 Å². The lowest BCUT2D eigenvalue weighted by molar-refractivity contribution is 0.193. The molecule has 0 fully saturated rings. The molecular formula is C19H19N7. The van der Waals surface area contributed by atoms with Crippen LogP contribution in [0.3, 0.4) is 0 Å². The second kappa shape index (κ2) is 6.27. The first-order valence-electron chi connectivity index (χ1n) is 8.72. The Bertz CT molecular complexity index is 1010. The van der Waals surface area contributed by atoms with Crippen molar-refractivity contribution < 1.29 is 0 Å². The first-order chi connectivity index (χ1) is 12.9. The molecule has 2 aromatic heterocycles. The van der Waals surface area contributed by atoms with Gasteiger partial charge in [-0.25, -0.2) is 14.7 Å². The average molecular weight is 345 g/mol. The van der Waals surface area contributed by atoms with E-state index in [4.69, 9.17) is 4.98 Å². The molecule has 7 heteroatoms. The van der Waals surface area contributed by atoms with Gasteiger partial charge < -0.3 is 0 Å². The Kier molecular flexibility index (Phi) is 3.64. The molecule has 0 bridgehead atoms. The second-order valence-electron chi connectivity index (χ2n) is 6.48. The SMILES string of the molecule is c1ccc(CCN2CN(n3cnnc3)c3nc4ccccc4n3C2)cc1. The van der Waals surface area contributed by atoms with Gasteiger partial charge in [-0.15, -0.1) is 10.2 Å². The van der Waals surface area contributed by atoms with Crippen LogP contribution in [0, 0.1) is 0 Å². The van der Waals surface area contributed by atoms with Crippen LogP contribution in [0.15, 0.2) is 67.3 Å². The van der Waals surface area contributed by atoms with Crippen LogP contribution in [0.4, 0.5) is 5.95 Å². The molecule has 0 saturated carbocycles. The fourth-order valence-electron chi connectivity index (χ4n) is 3.47. The van der Waals surface area contributed by atoms with Crippen molar-refractivity contribution in [3.8, 4) is 0 Å². The highest BCUT2D eigenvalue weighted by atomic mass is 15.7. The third-order valence-electron chi connectivity index (χ3n) is 4.79. The summed E-state index contributed by atoms with van der Waals surface area (Å²) in [6.45, 7) is 2.53. The van der Waals surface area contributed by atoms with Gasteiger partial charge in [0.05, 0.1) is 24.4 Å². The van der Waals surface area contributed by atoms with E-state index in [0.717, 1.165) is 43.3 Å². The van der Waals surface area contributed by atoms with Crippen molar-refractivity contribution in [2.75, 3.05) is 18.2 Å². The van der Waals surface area contributed by atoms with Gasteiger partial charge in [-0.3, -0.25) is 9.47 Å². The van der Waals surface area contributed by atoms with Crippen LogP contribution in [0.1, 0.15) is 5.56 Å². The molecule has 0 aliphatic carbocycles. The van der Waals surface area contributed by atoms with E-state index in [1.165, 1.54) is 5.56 Å². The van der Waals surface area contributed by atoms with E-state index >= 15 is 0 Å². The number of anilines is 1. The number of hydrogen-bond donors (Lipinski definition) is 0. The maximum atomic E-state index is 4.83. The molecule has 0 N–H and O–H groups in total. The number of nitrogens with zero attached hydrogens (tertiary/aromatic N) is 7. The highest BCUT2D eigenvalue weighted by molar-refractivity contribution is 5.79. The van der Waals surface area contributed by atoms with Crippen LogP contribution >= 0.6 is 0 Å². The summed E-state index contributed by atoms with van der Waals surface area (Å²) in [6.07, 6.45) is 4.44. The van der Waals surface area contributed by atoms with Crippen molar-refractivity contribution >= 4 is 17.0 Å². The molecular weight excluding hydrogens is 326 g/mol. The Hall–Kier alpha value is -3.19. The summed E-state index contributed by atoms with van der Waals surface area (Å²) in [5.74, 6) is 0.918. The van der Waals surface area contributed by atoms with E-state index in [-0.39, 0.29) is 0 Å². The maximum Gasteiger partial charge on any atom is 0.228 e. The molecule has 0 unspecified atom stereocenters. The Balaban J connectivity index is 1.48. The standard InChI is InChI=1S/C19H19N7/c1-2-6-16(7-3-1)10-11-23-14-25-18-9-5-4-8-17(18)22-19(25)26(15-23)24-12-20-21-13-24/h1-9,12-13H,10-11,14-15H2. The minimum Gasteiger partial charge on any atom is -0.295 e. The van der Waals surface area contributed by atoms with Crippen molar-refractivity contribution in [2.45, 2.75) is 13.1 Å². The average Bonchev–Trinajstić information content (AvgIpc) is 3.35. The Labute approximate surface area is 151 Å². The van der Waals surface area contributed by atoms with Crippen LogP contribution in [-0.4, -0.2) is 42.5 Å². The predicted octanol–water partition coefficient (Wildman–Crippen LogP) is 2.37. The lowest BCUT2D eigenvalue weighted by Gasteiger charge is -2.36. The zero-order chi connectivity index (χ0) is 17.3. The van der Waals surface area contributed by atoms with E-state index in [0.29, 0.717) is 0 Å². The molecule has 0 saturated heterocycles. The van der Waals surface area contributed by atoms with E-state index in [1.54, 1.807) is 12.7 Å². The lowest BCUT2D eigenvalue weighted by atomic mass is 10.1. The number of imidazole rings is 1. The molecule has 0 amide bonds. The summed E-state index contributed by atoms with van der Waals surface area (Å²) in [6, 6.07) is 18.9. The van der Waals surface area contributed by atoms with Crippen LogP contribution < -0.4 is 5.01 Å². The lowest BCUT2D eigenvalue weighted by Crippen LogP contribution is -2.47. The second-order valence-corrected chi connectivity index (χ2v) is 6.48. The molecule has 0 spiro atoms. The summed E-state index contributed by atoms with van der Waals surface area (Å²) in [7, 11) is 0. The number of para-hydroxylation sites is 2. The summed E-state index contributed by atoms with van der Waals surface area (Å²) in [4.78, 5) is 7.24. The van der Waals surface area contributed by atoms with E-state index in [9.17, 15) is 0 Å². The van der Waals surface area contributed by atoms with Gasteiger partial charge in [-0.1, -0.05) is 42.5 Å². The summed E-state index contributed by atoms with van der Waals surface area (Å²) in [5.41, 5.74) is 3.50. The van der Waals surface area contributed by atoms with E-state index in [1.807, 2.05) is 10.7 Å². The first kappa shape index (κ1) is 15.1. The fraction of sp³-hybridized carbons (Fsp3) is 0.211. The minimum absolute atomic E-state index is 0.744. The Morgan fingerprint density at radius 3 is 2.46 bits per heavy atom. The largest absolute Gasteiger partial charge is 0.295 e. The molecule has 7 nitrogen and oxygen atoms in total. The molecule has 1 aliphatic rings. The van der Waals surface area contributed by atoms with Gasteiger partial charge in [0.2, 0.25) is 5.95 Å². The minimum atomic E-state index is 0.744. The first-order valence-corrected chi connectivity index (χ1v) is 8.72. The number of rotatable bonds is 4. The quantitative estimate of drug-likeness (QED) is 0.568. The van der Waals surface area contributed by atoms with Gasteiger partial charge >= 0.3 is 0 Å². The third-order valence-corrected chi connectivity index (χ3v) is 4.79. The Morgan fingerprint density at radius 2 is 1.62 bits per heavy atom. The number of benzene rings is 2. The van der Waals surface area contributed by atoms with Gasteiger partial charge in [0.15, 0.2) is 0 Å². The predicted molar refractivity (Wildman–Crippen MR) is 99.4 cm³/mol. The number of aromatic nitrogens is 5. The van der Waals surface area contributed by atoms with Gasteiger partial charge in [0, 0.05) is 6.54 Å². The molecule has 2 aromatic carbocycles. The van der Waals surface area contributed by atoms with Gasteiger partial charge in [0.1, 0.15) is 12.7 Å². The number of fused-ring (bicyclic) bond motifs is 3. The zero-order valence-electron chi connectivity index (χ0n) is 14.3. The van der Waals surface area contributed by atoms with Crippen molar-refractivity contribution in [3.63, 3.8) is 0 Å². The van der Waals surface area contributed by atoms with Crippen molar-refractivity contribution in [1.29, 1.82) is 0 Å². The van der Waals surface area contributed by atoms with Gasteiger partial charge in [0.25, 0.3) is 0 Å². The maximum absolute atomic E-state index is 4.83. The molecule has 0 atom stereocenters. The molecule has 0 radical (unpaired) electrons. The number of hydrogen-bond acceptors (Lipinski definition) is 5. The zero-order valence-corrected chi connectivity index (χ0v) is 14.3. The van der Waals surface area contributed by atoms with Crippen LogP contribution in [-0.2, 0) is 13.1 Å². The molecule has 3 heterocycles. The molecule has 26 heavy (non-hydrogen) atoms. The third kappa shape index (κ3) is 2.62. The molecule has 1 aliphatic heterocycles. The highest BCUT2D eigenvalue weighted by Crippen LogP contribution is 2.27. The summed E-state index contributed by atoms with van der Waals surface area (Å²) >= 11 is 0. The molecule has 130 valence electrons. The molecule has 5 rings (SSSR count). The van der Waals surface area contributed by atoms with Gasteiger partial charge in [-0.2, -0.15) is 0 Å². The van der Waals surface area contributed by atoms with Crippen LogP contribution in [0.25, 0.3) is 11.0 Å². The van der Waals surface area contributed by atoms with E-state index < -0.39 is 0 Å². The topological polar surface area (TPSA) is 55.0 Å². The van der Waals surface area contributed by atoms with Crippen molar-refractivity contribution in [1.82, 2.24) is 29.3 Å². The fourth-order valence-corrected chi connectivity index (χ4v) is 3.47. The van der Waals surface area contributed by atoms with Crippen LogP contribution in [0.5, 0.6) is 0 Å². The van der Waals surface area contributed by atoms with Gasteiger partial charge in [-0.05, 0) is 24.1 Å². The Morgan fingerprint density at radius 1 is 0.846 bits per heavy atom. The normalized spacial score (nSPS) is 14.7. The van der Waals surface area contributed by atoms with Crippen molar-refractivity contribution in [3.05, 3.63) is 72.8 Å².